The first-order valence-corrected chi connectivity index (χ1v) is 8.82. The molecule has 1 atom stereocenters. The molecule has 0 saturated carbocycles. The van der Waals surface area contributed by atoms with Gasteiger partial charge in [-0.15, -0.1) is 11.3 Å². The molecule has 0 bridgehead atoms. The molecular weight excluding hydrogens is 320 g/mol. The zero-order valence-corrected chi connectivity index (χ0v) is 13.7. The smallest absolute Gasteiger partial charge is 0.248 e. The fourth-order valence-electron chi connectivity index (χ4n) is 2.51. The second-order valence-corrected chi connectivity index (χ2v) is 6.70. The Labute approximate surface area is 136 Å². The van der Waals surface area contributed by atoms with Crippen molar-refractivity contribution >= 4 is 39.8 Å². The van der Waals surface area contributed by atoms with Crippen molar-refractivity contribution in [3.05, 3.63) is 17.5 Å². The predicted molar refractivity (Wildman–Crippen MR) is 86.9 cm³/mol. The summed E-state index contributed by atoms with van der Waals surface area (Å²) in [5, 5.41) is 5.22. The highest BCUT2D eigenvalue weighted by Crippen LogP contribution is 2.25. The standard InChI is InChI=1S/C14H16N4O2S2/c1-2-9(18-7-3-6-11(18)19)13(20)16-14-15-12(17-22-14)10-5-4-8-21-10/h4-5,8-9H,2-3,6-7H2,1H3,(H,15,16,17,20). The molecule has 2 amide bonds. The van der Waals surface area contributed by atoms with Crippen LogP contribution in [0.25, 0.3) is 10.7 Å². The molecule has 0 spiro atoms. The minimum Gasteiger partial charge on any atom is -0.331 e. The van der Waals surface area contributed by atoms with Gasteiger partial charge in [0, 0.05) is 24.5 Å². The number of nitrogens with one attached hydrogen (secondary N) is 1. The topological polar surface area (TPSA) is 75.2 Å². The van der Waals surface area contributed by atoms with Crippen LogP contribution in [0.2, 0.25) is 0 Å². The van der Waals surface area contributed by atoms with Gasteiger partial charge in [0.25, 0.3) is 0 Å². The molecule has 8 heteroatoms. The zero-order chi connectivity index (χ0) is 15.5. The molecule has 1 unspecified atom stereocenters. The van der Waals surface area contributed by atoms with Gasteiger partial charge in [0.15, 0.2) is 5.82 Å². The molecule has 1 aliphatic heterocycles. The zero-order valence-electron chi connectivity index (χ0n) is 12.1. The first-order chi connectivity index (χ1) is 10.7. The van der Waals surface area contributed by atoms with Gasteiger partial charge in [-0.2, -0.15) is 9.36 Å². The van der Waals surface area contributed by atoms with Crippen LogP contribution in [0.5, 0.6) is 0 Å². The van der Waals surface area contributed by atoms with Crippen LogP contribution in [0.15, 0.2) is 17.5 Å². The van der Waals surface area contributed by atoms with Crippen molar-refractivity contribution in [1.82, 2.24) is 14.3 Å². The van der Waals surface area contributed by atoms with Crippen molar-refractivity contribution < 1.29 is 9.59 Å². The Morgan fingerprint density at radius 1 is 1.55 bits per heavy atom. The second-order valence-electron chi connectivity index (χ2n) is 5.00. The third-order valence-electron chi connectivity index (χ3n) is 3.57. The van der Waals surface area contributed by atoms with Gasteiger partial charge in [-0.3, -0.25) is 14.9 Å². The van der Waals surface area contributed by atoms with E-state index in [9.17, 15) is 9.59 Å². The molecule has 2 aromatic rings. The van der Waals surface area contributed by atoms with Gasteiger partial charge in [0.2, 0.25) is 16.9 Å². The number of carbonyl (C=O) groups excluding carboxylic acids is 2. The first kappa shape index (κ1) is 15.1. The Balaban J connectivity index is 1.69. The average molecular weight is 336 g/mol. The maximum atomic E-state index is 12.4. The third-order valence-corrected chi connectivity index (χ3v) is 5.07. The number of aromatic nitrogens is 2. The van der Waals surface area contributed by atoms with E-state index in [4.69, 9.17) is 0 Å². The van der Waals surface area contributed by atoms with E-state index in [1.54, 1.807) is 16.2 Å². The lowest BCUT2D eigenvalue weighted by Gasteiger charge is -2.25. The number of carbonyl (C=O) groups is 2. The number of rotatable bonds is 5. The predicted octanol–water partition coefficient (Wildman–Crippen LogP) is 2.61. The highest BCUT2D eigenvalue weighted by Gasteiger charge is 2.31. The summed E-state index contributed by atoms with van der Waals surface area (Å²) in [6.07, 6.45) is 1.95. The van der Waals surface area contributed by atoms with Gasteiger partial charge in [-0.1, -0.05) is 13.0 Å². The lowest BCUT2D eigenvalue weighted by molar-refractivity contribution is -0.135. The normalized spacial score (nSPS) is 16.0. The summed E-state index contributed by atoms with van der Waals surface area (Å²) in [7, 11) is 0. The van der Waals surface area contributed by atoms with Crippen molar-refractivity contribution in [3.63, 3.8) is 0 Å². The number of nitrogens with zero attached hydrogens (tertiary/aromatic N) is 3. The summed E-state index contributed by atoms with van der Waals surface area (Å²) >= 11 is 2.71. The SMILES string of the molecule is CCC(C(=O)Nc1nc(-c2cccs2)ns1)N1CCCC1=O. The van der Waals surface area contributed by atoms with Crippen LogP contribution in [0.3, 0.4) is 0 Å². The van der Waals surface area contributed by atoms with E-state index in [0.29, 0.717) is 30.3 Å². The fraction of sp³-hybridized carbons (Fsp3) is 0.429. The van der Waals surface area contributed by atoms with E-state index in [1.807, 2.05) is 24.4 Å². The molecule has 0 aromatic carbocycles. The van der Waals surface area contributed by atoms with Crippen LogP contribution in [-0.2, 0) is 9.59 Å². The molecule has 1 N–H and O–H groups in total. The summed E-state index contributed by atoms with van der Waals surface area (Å²) in [6.45, 7) is 2.56. The van der Waals surface area contributed by atoms with Crippen LogP contribution in [-0.4, -0.2) is 38.7 Å². The van der Waals surface area contributed by atoms with Crippen molar-refractivity contribution in [2.45, 2.75) is 32.2 Å². The lowest BCUT2D eigenvalue weighted by Crippen LogP contribution is -2.44. The van der Waals surface area contributed by atoms with E-state index in [2.05, 4.69) is 14.7 Å². The summed E-state index contributed by atoms with van der Waals surface area (Å²) in [4.78, 5) is 31.2. The monoisotopic (exact) mass is 336 g/mol. The molecule has 116 valence electrons. The second kappa shape index (κ2) is 6.53. The fourth-order valence-corrected chi connectivity index (χ4v) is 3.82. The summed E-state index contributed by atoms with van der Waals surface area (Å²) < 4.78 is 4.26. The van der Waals surface area contributed by atoms with Gasteiger partial charge in [-0.25, -0.2) is 0 Å². The molecule has 1 aliphatic rings. The van der Waals surface area contributed by atoms with Crippen molar-refractivity contribution in [2.75, 3.05) is 11.9 Å². The minimum atomic E-state index is -0.427. The van der Waals surface area contributed by atoms with E-state index >= 15 is 0 Å². The maximum Gasteiger partial charge on any atom is 0.248 e. The maximum absolute atomic E-state index is 12.4. The number of likely N-dealkylation sites (tertiary alicyclic amines) is 1. The van der Waals surface area contributed by atoms with Crippen LogP contribution < -0.4 is 5.32 Å². The van der Waals surface area contributed by atoms with Crippen LogP contribution in [0, 0.1) is 0 Å². The molecule has 1 fully saturated rings. The average Bonchev–Trinajstić information content (AvgIpc) is 3.21. The Hall–Kier alpha value is -1.80. The largest absolute Gasteiger partial charge is 0.331 e. The summed E-state index contributed by atoms with van der Waals surface area (Å²) in [5.41, 5.74) is 0. The number of hydrogen-bond donors (Lipinski definition) is 1. The first-order valence-electron chi connectivity index (χ1n) is 7.17. The molecule has 3 rings (SSSR count). The Kier molecular flexibility index (Phi) is 4.49. The molecule has 1 saturated heterocycles. The third kappa shape index (κ3) is 3.02. The van der Waals surface area contributed by atoms with Gasteiger partial charge in [-0.05, 0) is 24.3 Å². The van der Waals surface area contributed by atoms with Crippen molar-refractivity contribution in [3.8, 4) is 10.7 Å². The Morgan fingerprint density at radius 3 is 3.05 bits per heavy atom. The van der Waals surface area contributed by atoms with Gasteiger partial charge in [0.1, 0.15) is 6.04 Å². The molecular formula is C14H16N4O2S2. The summed E-state index contributed by atoms with van der Waals surface area (Å²) in [5.74, 6) is 0.491. The highest BCUT2D eigenvalue weighted by molar-refractivity contribution is 7.14. The Morgan fingerprint density at radius 2 is 2.41 bits per heavy atom. The number of amides is 2. The van der Waals surface area contributed by atoms with E-state index in [0.717, 1.165) is 22.8 Å². The number of hydrogen-bond acceptors (Lipinski definition) is 6. The summed E-state index contributed by atoms with van der Waals surface area (Å²) in [6, 6.07) is 3.45. The minimum absolute atomic E-state index is 0.0542. The quantitative estimate of drug-likeness (QED) is 0.911. The van der Waals surface area contributed by atoms with Crippen LogP contribution in [0.1, 0.15) is 26.2 Å². The van der Waals surface area contributed by atoms with E-state index in [-0.39, 0.29) is 11.8 Å². The molecule has 2 aromatic heterocycles. The lowest BCUT2D eigenvalue weighted by atomic mass is 10.2. The van der Waals surface area contributed by atoms with Crippen molar-refractivity contribution in [2.24, 2.45) is 0 Å². The molecule has 6 nitrogen and oxygen atoms in total. The number of anilines is 1. The number of thiophene rings is 1. The van der Waals surface area contributed by atoms with Crippen LogP contribution in [0.4, 0.5) is 5.13 Å². The van der Waals surface area contributed by atoms with Crippen LogP contribution >= 0.6 is 22.9 Å². The van der Waals surface area contributed by atoms with Gasteiger partial charge in [0.05, 0.1) is 4.88 Å². The van der Waals surface area contributed by atoms with E-state index in [1.165, 1.54) is 0 Å². The highest BCUT2D eigenvalue weighted by atomic mass is 32.1. The van der Waals surface area contributed by atoms with Crippen molar-refractivity contribution in [1.29, 1.82) is 0 Å². The molecule has 0 radical (unpaired) electrons. The molecule has 0 aliphatic carbocycles. The van der Waals surface area contributed by atoms with Gasteiger partial charge >= 0.3 is 0 Å². The van der Waals surface area contributed by atoms with E-state index < -0.39 is 6.04 Å². The molecule has 3 heterocycles. The van der Waals surface area contributed by atoms with Gasteiger partial charge < -0.3 is 4.90 Å². The Bertz CT molecular complexity index is 668. The molecule has 22 heavy (non-hydrogen) atoms.